The van der Waals surface area contributed by atoms with E-state index >= 15 is 0 Å². The minimum absolute atomic E-state index is 0.237. The highest BCUT2D eigenvalue weighted by Crippen LogP contribution is 2.20. The molecule has 0 amide bonds. The van der Waals surface area contributed by atoms with E-state index in [0.717, 1.165) is 29.6 Å². The Labute approximate surface area is 95.7 Å². The lowest BCUT2D eigenvalue weighted by Crippen LogP contribution is -2.19. The van der Waals surface area contributed by atoms with Crippen LogP contribution >= 0.6 is 0 Å². The summed E-state index contributed by atoms with van der Waals surface area (Å²) in [7, 11) is 0. The molecule has 0 spiro atoms. The fraction of sp³-hybridized carbons (Fsp3) is 0.308. The quantitative estimate of drug-likeness (QED) is 0.823. The third-order valence-electron chi connectivity index (χ3n) is 2.56. The van der Waals surface area contributed by atoms with E-state index < -0.39 is 0 Å². The van der Waals surface area contributed by atoms with E-state index in [0.29, 0.717) is 0 Å². The van der Waals surface area contributed by atoms with Gasteiger partial charge in [-0.1, -0.05) is 18.2 Å². The molecule has 3 N–H and O–H groups in total. The lowest BCUT2D eigenvalue weighted by atomic mass is 10.2. The van der Waals surface area contributed by atoms with Crippen LogP contribution in [0.4, 0.5) is 5.69 Å². The molecule has 1 atom stereocenters. The first-order valence-electron chi connectivity index (χ1n) is 5.60. The molecule has 0 aliphatic rings. The maximum absolute atomic E-state index is 5.72. The fourth-order valence-electron chi connectivity index (χ4n) is 1.68. The largest absolute Gasteiger partial charge is 0.384 e. The summed E-state index contributed by atoms with van der Waals surface area (Å²) < 4.78 is 0. The number of para-hydroxylation sites is 1. The second-order valence-corrected chi connectivity index (χ2v) is 4.07. The predicted molar refractivity (Wildman–Crippen MR) is 68.5 cm³/mol. The Morgan fingerprint density at radius 3 is 2.94 bits per heavy atom. The molecule has 2 rings (SSSR count). The first-order valence-corrected chi connectivity index (χ1v) is 5.60. The van der Waals surface area contributed by atoms with Crippen molar-refractivity contribution in [1.82, 2.24) is 4.98 Å². The van der Waals surface area contributed by atoms with Gasteiger partial charge in [-0.2, -0.15) is 0 Å². The van der Waals surface area contributed by atoms with Gasteiger partial charge in [0.1, 0.15) is 0 Å². The zero-order valence-corrected chi connectivity index (χ0v) is 9.48. The number of nitrogens with two attached hydrogens (primary N) is 1. The zero-order valence-electron chi connectivity index (χ0n) is 9.48. The van der Waals surface area contributed by atoms with Gasteiger partial charge in [0.15, 0.2) is 0 Å². The van der Waals surface area contributed by atoms with Crippen molar-refractivity contribution in [1.29, 1.82) is 0 Å². The van der Waals surface area contributed by atoms with Gasteiger partial charge in [0.2, 0.25) is 0 Å². The highest BCUT2D eigenvalue weighted by molar-refractivity contribution is 5.90. The molecule has 0 bridgehead atoms. The molecule has 1 aromatic carbocycles. The van der Waals surface area contributed by atoms with Crippen molar-refractivity contribution in [2.24, 2.45) is 5.73 Å². The van der Waals surface area contributed by atoms with Crippen LogP contribution in [0.3, 0.4) is 0 Å². The zero-order chi connectivity index (χ0) is 11.4. The van der Waals surface area contributed by atoms with Crippen LogP contribution < -0.4 is 11.1 Å². The number of hydrogen-bond acceptors (Lipinski definition) is 3. The second kappa shape index (κ2) is 4.94. The van der Waals surface area contributed by atoms with Gasteiger partial charge in [-0.05, 0) is 25.5 Å². The highest BCUT2D eigenvalue weighted by atomic mass is 14.9. The van der Waals surface area contributed by atoms with Gasteiger partial charge < -0.3 is 11.1 Å². The standard InChI is InChI=1S/C13H17N3/c1-10(14)6-8-15-13-7-9-16-12-5-3-2-4-11(12)13/h2-5,7,9-10H,6,8,14H2,1H3,(H,15,16). The Morgan fingerprint density at radius 2 is 2.12 bits per heavy atom. The Kier molecular flexibility index (Phi) is 3.37. The van der Waals surface area contributed by atoms with E-state index in [9.17, 15) is 0 Å². The predicted octanol–water partition coefficient (Wildman–Crippen LogP) is 2.38. The third-order valence-corrected chi connectivity index (χ3v) is 2.56. The molecule has 1 aromatic heterocycles. The van der Waals surface area contributed by atoms with E-state index in [1.54, 1.807) is 0 Å². The van der Waals surface area contributed by atoms with Crippen LogP contribution in [-0.2, 0) is 0 Å². The van der Waals surface area contributed by atoms with Crippen LogP contribution in [0.2, 0.25) is 0 Å². The van der Waals surface area contributed by atoms with Crippen molar-refractivity contribution in [3.05, 3.63) is 36.5 Å². The summed E-state index contributed by atoms with van der Waals surface area (Å²) in [5, 5.41) is 4.56. The Morgan fingerprint density at radius 1 is 1.31 bits per heavy atom. The van der Waals surface area contributed by atoms with Crippen LogP contribution in [0.25, 0.3) is 10.9 Å². The third kappa shape index (κ3) is 2.49. The number of nitrogens with one attached hydrogen (secondary N) is 1. The second-order valence-electron chi connectivity index (χ2n) is 4.07. The number of fused-ring (bicyclic) bond motifs is 1. The average molecular weight is 215 g/mol. The molecule has 0 saturated heterocycles. The lowest BCUT2D eigenvalue weighted by molar-refractivity contribution is 0.690. The summed E-state index contributed by atoms with van der Waals surface area (Å²) in [5.41, 5.74) is 7.87. The number of pyridine rings is 1. The van der Waals surface area contributed by atoms with Crippen molar-refractivity contribution < 1.29 is 0 Å². The Hall–Kier alpha value is -1.61. The number of anilines is 1. The summed E-state index contributed by atoms with van der Waals surface area (Å²) in [6.07, 6.45) is 2.80. The molecule has 1 unspecified atom stereocenters. The molecular weight excluding hydrogens is 198 g/mol. The molecule has 84 valence electrons. The maximum Gasteiger partial charge on any atom is 0.0722 e. The minimum Gasteiger partial charge on any atom is -0.384 e. The monoisotopic (exact) mass is 215 g/mol. The molecule has 16 heavy (non-hydrogen) atoms. The van der Waals surface area contributed by atoms with Crippen molar-refractivity contribution >= 4 is 16.6 Å². The molecule has 0 fully saturated rings. The Balaban J connectivity index is 2.17. The van der Waals surface area contributed by atoms with Gasteiger partial charge in [-0.15, -0.1) is 0 Å². The number of rotatable bonds is 4. The number of aromatic nitrogens is 1. The van der Waals surface area contributed by atoms with E-state index in [-0.39, 0.29) is 6.04 Å². The topological polar surface area (TPSA) is 50.9 Å². The van der Waals surface area contributed by atoms with E-state index in [1.165, 1.54) is 0 Å². The van der Waals surface area contributed by atoms with E-state index in [1.807, 2.05) is 37.4 Å². The van der Waals surface area contributed by atoms with Crippen LogP contribution in [0.1, 0.15) is 13.3 Å². The molecule has 0 aliphatic carbocycles. The van der Waals surface area contributed by atoms with Gasteiger partial charge in [0.05, 0.1) is 5.52 Å². The van der Waals surface area contributed by atoms with Crippen molar-refractivity contribution in [2.45, 2.75) is 19.4 Å². The summed E-state index contributed by atoms with van der Waals surface area (Å²) in [5.74, 6) is 0. The van der Waals surface area contributed by atoms with Crippen LogP contribution in [0, 0.1) is 0 Å². The van der Waals surface area contributed by atoms with Crippen molar-refractivity contribution in [3.8, 4) is 0 Å². The lowest BCUT2D eigenvalue weighted by Gasteiger charge is -2.10. The van der Waals surface area contributed by atoms with Gasteiger partial charge in [0, 0.05) is 29.9 Å². The van der Waals surface area contributed by atoms with Gasteiger partial charge in [0.25, 0.3) is 0 Å². The molecule has 3 nitrogen and oxygen atoms in total. The van der Waals surface area contributed by atoms with Crippen molar-refractivity contribution in [3.63, 3.8) is 0 Å². The number of nitrogens with zero attached hydrogens (tertiary/aromatic N) is 1. The number of hydrogen-bond donors (Lipinski definition) is 2. The summed E-state index contributed by atoms with van der Waals surface area (Å²) in [6.45, 7) is 2.91. The van der Waals surface area contributed by atoms with E-state index in [2.05, 4.69) is 16.4 Å². The maximum atomic E-state index is 5.72. The highest BCUT2D eigenvalue weighted by Gasteiger charge is 2.00. The van der Waals surface area contributed by atoms with E-state index in [4.69, 9.17) is 5.73 Å². The normalized spacial score (nSPS) is 12.6. The molecule has 1 heterocycles. The van der Waals surface area contributed by atoms with Gasteiger partial charge >= 0.3 is 0 Å². The molecule has 2 aromatic rings. The molecule has 0 aliphatic heterocycles. The van der Waals surface area contributed by atoms with Gasteiger partial charge in [-0.3, -0.25) is 4.98 Å². The van der Waals surface area contributed by atoms with Crippen molar-refractivity contribution in [2.75, 3.05) is 11.9 Å². The summed E-state index contributed by atoms with van der Waals surface area (Å²) >= 11 is 0. The first kappa shape index (κ1) is 10.9. The first-order chi connectivity index (χ1) is 7.77. The molecule has 3 heteroatoms. The molecular formula is C13H17N3. The van der Waals surface area contributed by atoms with Crippen LogP contribution in [-0.4, -0.2) is 17.6 Å². The minimum atomic E-state index is 0.237. The smallest absolute Gasteiger partial charge is 0.0722 e. The fourth-order valence-corrected chi connectivity index (χ4v) is 1.68. The molecule has 0 radical (unpaired) electrons. The summed E-state index contributed by atoms with van der Waals surface area (Å²) in [6, 6.07) is 10.4. The SMILES string of the molecule is CC(N)CCNc1ccnc2ccccc12. The number of benzene rings is 1. The average Bonchev–Trinajstić information content (AvgIpc) is 2.29. The van der Waals surface area contributed by atoms with Crippen LogP contribution in [0.15, 0.2) is 36.5 Å². The Bertz CT molecular complexity index is 460. The van der Waals surface area contributed by atoms with Gasteiger partial charge in [-0.25, -0.2) is 0 Å². The summed E-state index contributed by atoms with van der Waals surface area (Å²) in [4.78, 5) is 4.32. The molecule has 0 saturated carbocycles. The van der Waals surface area contributed by atoms with Crippen LogP contribution in [0.5, 0.6) is 0 Å².